The lowest BCUT2D eigenvalue weighted by molar-refractivity contribution is 0.0937. The summed E-state index contributed by atoms with van der Waals surface area (Å²) in [7, 11) is 0. The molecule has 0 fully saturated rings. The number of fused-ring (bicyclic) bond motifs is 1. The lowest BCUT2D eigenvalue weighted by atomic mass is 10.2. The quantitative estimate of drug-likeness (QED) is 0.515. The number of amides is 2. The Kier molecular flexibility index (Phi) is 6.53. The standard InChI is InChI=1S/C21H19F2N5O4/c1-11-6-17(32-10-14-15(22)4-3-5-16(14)23)19-26-12(2)18(28(19)9-11)20(29)27-13(7-24)8-25-21(30)31/h3-6,9,13,25H,8,10H2,1-2H3,(H,27,29)(H,30,31). The molecule has 11 heteroatoms. The molecule has 2 aromatic heterocycles. The number of hydrogen-bond acceptors (Lipinski definition) is 5. The minimum absolute atomic E-state index is 0.112. The Morgan fingerprint density at radius 2 is 2.00 bits per heavy atom. The van der Waals surface area contributed by atoms with E-state index < -0.39 is 29.7 Å². The van der Waals surface area contributed by atoms with Crippen LogP contribution in [0.25, 0.3) is 5.65 Å². The number of rotatable bonds is 7. The van der Waals surface area contributed by atoms with Gasteiger partial charge >= 0.3 is 6.09 Å². The summed E-state index contributed by atoms with van der Waals surface area (Å²) in [5.41, 5.74) is 1.11. The van der Waals surface area contributed by atoms with Gasteiger partial charge in [-0.1, -0.05) is 6.07 Å². The molecule has 2 amide bonds. The summed E-state index contributed by atoms with van der Waals surface area (Å²) < 4.78 is 34.9. The molecule has 166 valence electrons. The molecule has 0 spiro atoms. The van der Waals surface area contributed by atoms with E-state index in [2.05, 4.69) is 10.3 Å². The van der Waals surface area contributed by atoms with Crippen LogP contribution >= 0.6 is 0 Å². The zero-order valence-corrected chi connectivity index (χ0v) is 17.1. The number of carbonyl (C=O) groups is 2. The van der Waals surface area contributed by atoms with E-state index >= 15 is 0 Å². The Balaban J connectivity index is 1.91. The largest absolute Gasteiger partial charge is 0.485 e. The Morgan fingerprint density at radius 3 is 2.62 bits per heavy atom. The first-order valence-corrected chi connectivity index (χ1v) is 9.43. The van der Waals surface area contributed by atoms with Crippen LogP contribution in [0.3, 0.4) is 0 Å². The molecule has 1 atom stereocenters. The number of nitrogens with zero attached hydrogens (tertiary/aromatic N) is 3. The van der Waals surface area contributed by atoms with Crippen LogP contribution in [0.2, 0.25) is 0 Å². The van der Waals surface area contributed by atoms with E-state index in [1.807, 2.05) is 5.32 Å². The Labute approximate surface area is 181 Å². The number of imidazole rings is 1. The summed E-state index contributed by atoms with van der Waals surface area (Å²) in [5.74, 6) is -1.93. The number of nitrogens with one attached hydrogen (secondary N) is 2. The number of carboxylic acid groups (broad SMARTS) is 1. The number of aromatic nitrogens is 2. The highest BCUT2D eigenvalue weighted by Crippen LogP contribution is 2.26. The monoisotopic (exact) mass is 443 g/mol. The molecule has 3 N–H and O–H groups in total. The topological polar surface area (TPSA) is 129 Å². The van der Waals surface area contributed by atoms with Crippen molar-refractivity contribution in [3.8, 4) is 11.8 Å². The van der Waals surface area contributed by atoms with Gasteiger partial charge in [0.05, 0.1) is 23.9 Å². The fourth-order valence-corrected chi connectivity index (χ4v) is 3.10. The number of benzene rings is 1. The number of nitriles is 1. The molecule has 0 bridgehead atoms. The summed E-state index contributed by atoms with van der Waals surface area (Å²) in [6, 6.07) is 5.83. The van der Waals surface area contributed by atoms with Gasteiger partial charge in [0.2, 0.25) is 0 Å². The minimum Gasteiger partial charge on any atom is -0.485 e. The summed E-state index contributed by atoms with van der Waals surface area (Å²) in [6.45, 7) is 2.63. The first-order valence-electron chi connectivity index (χ1n) is 9.43. The summed E-state index contributed by atoms with van der Waals surface area (Å²) in [4.78, 5) is 27.8. The zero-order valence-electron chi connectivity index (χ0n) is 17.1. The SMILES string of the molecule is Cc1cc(OCc2c(F)cccc2F)c2nc(C)c(C(=O)NC(C#N)CNC(=O)O)n2c1. The van der Waals surface area contributed by atoms with Crippen LogP contribution in [0, 0.1) is 36.8 Å². The number of carbonyl (C=O) groups excluding carboxylic acids is 1. The highest BCUT2D eigenvalue weighted by Gasteiger charge is 2.22. The number of aryl methyl sites for hydroxylation is 2. The molecule has 0 aliphatic rings. The molecule has 0 radical (unpaired) electrons. The third kappa shape index (κ3) is 4.75. The Bertz CT molecular complexity index is 1210. The van der Waals surface area contributed by atoms with Crippen molar-refractivity contribution in [2.45, 2.75) is 26.5 Å². The van der Waals surface area contributed by atoms with Crippen molar-refractivity contribution in [3.05, 3.63) is 64.6 Å². The van der Waals surface area contributed by atoms with E-state index in [0.717, 1.165) is 12.1 Å². The van der Waals surface area contributed by atoms with Crippen molar-refractivity contribution >= 4 is 17.6 Å². The molecule has 3 aromatic rings. The van der Waals surface area contributed by atoms with Gasteiger partial charge in [0.25, 0.3) is 5.91 Å². The first-order chi connectivity index (χ1) is 15.2. The summed E-state index contributed by atoms with van der Waals surface area (Å²) >= 11 is 0. The van der Waals surface area contributed by atoms with E-state index in [9.17, 15) is 23.6 Å². The highest BCUT2D eigenvalue weighted by atomic mass is 19.1. The van der Waals surface area contributed by atoms with E-state index in [4.69, 9.17) is 9.84 Å². The summed E-state index contributed by atoms with van der Waals surface area (Å²) in [5, 5.41) is 22.3. The van der Waals surface area contributed by atoms with E-state index in [1.165, 1.54) is 10.5 Å². The molecule has 0 aliphatic heterocycles. The smallest absolute Gasteiger partial charge is 0.404 e. The molecule has 2 heterocycles. The molecule has 0 saturated heterocycles. The maximum absolute atomic E-state index is 13.9. The van der Waals surface area contributed by atoms with Gasteiger partial charge in [0, 0.05) is 6.20 Å². The number of ether oxygens (including phenoxy) is 1. The molecule has 1 unspecified atom stereocenters. The third-order valence-corrected chi connectivity index (χ3v) is 4.56. The summed E-state index contributed by atoms with van der Waals surface area (Å²) in [6.07, 6.45) is 0.298. The fourth-order valence-electron chi connectivity index (χ4n) is 3.10. The van der Waals surface area contributed by atoms with Crippen LogP contribution in [0.5, 0.6) is 5.75 Å². The second-order valence-electron chi connectivity index (χ2n) is 6.95. The molecule has 32 heavy (non-hydrogen) atoms. The maximum atomic E-state index is 13.9. The second kappa shape index (κ2) is 9.30. The molecular formula is C21H19F2N5O4. The van der Waals surface area contributed by atoms with E-state index in [1.54, 1.807) is 32.2 Å². The van der Waals surface area contributed by atoms with Crippen LogP contribution < -0.4 is 15.4 Å². The fraction of sp³-hybridized carbons (Fsp3) is 0.238. The van der Waals surface area contributed by atoms with Gasteiger partial charge in [-0.15, -0.1) is 0 Å². The Hall–Kier alpha value is -4.20. The van der Waals surface area contributed by atoms with Crippen LogP contribution in [-0.2, 0) is 6.61 Å². The van der Waals surface area contributed by atoms with Crippen LogP contribution in [0.1, 0.15) is 27.3 Å². The van der Waals surface area contributed by atoms with Gasteiger partial charge in [-0.05, 0) is 37.6 Å². The molecule has 0 saturated carbocycles. The first kappa shape index (κ1) is 22.5. The zero-order chi connectivity index (χ0) is 23.4. The van der Waals surface area contributed by atoms with Gasteiger partial charge in [-0.2, -0.15) is 5.26 Å². The molecule has 3 rings (SSSR count). The number of hydrogen-bond donors (Lipinski definition) is 3. The van der Waals surface area contributed by atoms with Gasteiger partial charge < -0.3 is 20.5 Å². The van der Waals surface area contributed by atoms with Crippen LogP contribution in [0.15, 0.2) is 30.5 Å². The number of pyridine rings is 1. The van der Waals surface area contributed by atoms with Crippen LogP contribution in [-0.4, -0.2) is 39.1 Å². The highest BCUT2D eigenvalue weighted by molar-refractivity contribution is 5.95. The molecular weight excluding hydrogens is 424 g/mol. The number of halogens is 2. The predicted molar refractivity (Wildman–Crippen MR) is 108 cm³/mol. The lowest BCUT2D eigenvalue weighted by Crippen LogP contribution is -2.43. The van der Waals surface area contributed by atoms with Gasteiger partial charge in [0.15, 0.2) is 11.4 Å². The Morgan fingerprint density at radius 1 is 1.31 bits per heavy atom. The average molecular weight is 443 g/mol. The molecule has 9 nitrogen and oxygen atoms in total. The molecule has 1 aromatic carbocycles. The van der Waals surface area contributed by atoms with Crippen LogP contribution in [0.4, 0.5) is 13.6 Å². The van der Waals surface area contributed by atoms with Crippen molar-refractivity contribution < 1.29 is 28.2 Å². The predicted octanol–water partition coefficient (Wildman–Crippen LogP) is 2.70. The minimum atomic E-state index is -1.32. The third-order valence-electron chi connectivity index (χ3n) is 4.56. The maximum Gasteiger partial charge on any atom is 0.404 e. The van der Waals surface area contributed by atoms with Crippen molar-refractivity contribution in [2.75, 3.05) is 6.54 Å². The van der Waals surface area contributed by atoms with Crippen molar-refractivity contribution in [1.82, 2.24) is 20.0 Å². The van der Waals surface area contributed by atoms with Crippen molar-refractivity contribution in [1.29, 1.82) is 5.26 Å². The normalized spacial score (nSPS) is 11.6. The average Bonchev–Trinajstić information content (AvgIpc) is 3.06. The van der Waals surface area contributed by atoms with Gasteiger partial charge in [-0.25, -0.2) is 18.6 Å². The van der Waals surface area contributed by atoms with Crippen molar-refractivity contribution in [3.63, 3.8) is 0 Å². The van der Waals surface area contributed by atoms with E-state index in [0.29, 0.717) is 11.3 Å². The lowest BCUT2D eigenvalue weighted by Gasteiger charge is -2.13. The second-order valence-corrected chi connectivity index (χ2v) is 6.95. The van der Waals surface area contributed by atoms with Gasteiger partial charge in [0.1, 0.15) is 30.0 Å². The van der Waals surface area contributed by atoms with Crippen molar-refractivity contribution in [2.24, 2.45) is 0 Å². The van der Waals surface area contributed by atoms with E-state index in [-0.39, 0.29) is 35.8 Å². The van der Waals surface area contributed by atoms with Gasteiger partial charge in [-0.3, -0.25) is 9.20 Å². The molecule has 0 aliphatic carbocycles.